The van der Waals surface area contributed by atoms with Crippen molar-refractivity contribution in [3.8, 4) is 5.75 Å². The molecule has 0 aliphatic rings. The quantitative estimate of drug-likeness (QED) is 0.589. The van der Waals surface area contributed by atoms with Crippen LogP contribution in [0, 0.1) is 5.41 Å². The molecule has 0 unspecified atom stereocenters. The maximum absolute atomic E-state index is 12.3. The van der Waals surface area contributed by atoms with Gasteiger partial charge in [-0.1, -0.05) is 12.1 Å². The number of methoxy groups -OCH3 is 2. The van der Waals surface area contributed by atoms with Crippen molar-refractivity contribution in [2.24, 2.45) is 5.41 Å². The third-order valence-electron chi connectivity index (χ3n) is 3.08. The number of benzene rings is 1. The van der Waals surface area contributed by atoms with E-state index < -0.39 is 11.3 Å². The van der Waals surface area contributed by atoms with Crippen LogP contribution in [0.15, 0.2) is 24.3 Å². The van der Waals surface area contributed by atoms with Crippen LogP contribution in [0.3, 0.4) is 0 Å². The number of carbonyl (C=O) groups excluding carboxylic acids is 2. The van der Waals surface area contributed by atoms with Gasteiger partial charge in [-0.15, -0.1) is 0 Å². The van der Waals surface area contributed by atoms with Crippen molar-refractivity contribution in [1.29, 1.82) is 0 Å². The van der Waals surface area contributed by atoms with E-state index in [1.54, 1.807) is 45.2 Å². The van der Waals surface area contributed by atoms with Gasteiger partial charge in [0.1, 0.15) is 11.2 Å². The molecule has 0 saturated heterocycles. The summed E-state index contributed by atoms with van der Waals surface area (Å²) >= 11 is 0. The smallest absolute Gasteiger partial charge is 0.239 e. The van der Waals surface area contributed by atoms with Gasteiger partial charge in [0.25, 0.3) is 0 Å². The summed E-state index contributed by atoms with van der Waals surface area (Å²) in [5.41, 5.74) is -0.669. The molecule has 21 heavy (non-hydrogen) atoms. The maximum atomic E-state index is 12.3. The number of anilines is 1. The summed E-state index contributed by atoms with van der Waals surface area (Å²) in [6.07, 6.45) is 0. The standard InChI is InChI=1S/C15H22N2O4/c1-15(2,13(18)16-9-10-20-3)14(19)17-11-7-5-6-8-12(11)21-4/h5-8H,9-10H2,1-4H3,(H,16,18)(H,17,19). The summed E-state index contributed by atoms with van der Waals surface area (Å²) < 4.78 is 10.0. The Kier molecular flexibility index (Phi) is 6.17. The Morgan fingerprint density at radius 3 is 2.43 bits per heavy atom. The van der Waals surface area contributed by atoms with Crippen LogP contribution in [-0.4, -0.2) is 39.2 Å². The molecule has 0 atom stereocenters. The van der Waals surface area contributed by atoms with E-state index >= 15 is 0 Å². The van der Waals surface area contributed by atoms with E-state index in [9.17, 15) is 9.59 Å². The third-order valence-corrected chi connectivity index (χ3v) is 3.08. The minimum atomic E-state index is -1.20. The number of amides is 2. The number of hydrogen-bond donors (Lipinski definition) is 2. The second-order valence-electron chi connectivity index (χ2n) is 5.03. The van der Waals surface area contributed by atoms with Gasteiger partial charge in [-0.05, 0) is 26.0 Å². The van der Waals surface area contributed by atoms with Gasteiger partial charge in [0.05, 0.1) is 19.4 Å². The summed E-state index contributed by atoms with van der Waals surface area (Å²) in [4.78, 5) is 24.4. The van der Waals surface area contributed by atoms with Gasteiger partial charge >= 0.3 is 0 Å². The maximum Gasteiger partial charge on any atom is 0.239 e. The molecule has 0 saturated carbocycles. The van der Waals surface area contributed by atoms with Crippen LogP contribution >= 0.6 is 0 Å². The highest BCUT2D eigenvalue weighted by Gasteiger charge is 2.36. The average molecular weight is 294 g/mol. The van der Waals surface area contributed by atoms with Crippen molar-refractivity contribution in [3.63, 3.8) is 0 Å². The zero-order chi connectivity index (χ0) is 15.9. The monoisotopic (exact) mass is 294 g/mol. The molecule has 0 spiro atoms. The van der Waals surface area contributed by atoms with Gasteiger partial charge < -0.3 is 20.1 Å². The Labute approximate surface area is 124 Å². The summed E-state index contributed by atoms with van der Waals surface area (Å²) in [7, 11) is 3.07. The first kappa shape index (κ1) is 17.0. The predicted molar refractivity (Wildman–Crippen MR) is 80.3 cm³/mol. The van der Waals surface area contributed by atoms with Crippen molar-refractivity contribution in [2.45, 2.75) is 13.8 Å². The lowest BCUT2D eigenvalue weighted by atomic mass is 9.91. The van der Waals surface area contributed by atoms with Gasteiger partial charge in [-0.25, -0.2) is 0 Å². The molecule has 0 bridgehead atoms. The molecule has 1 aromatic rings. The Balaban J connectivity index is 2.74. The van der Waals surface area contributed by atoms with Crippen molar-refractivity contribution in [3.05, 3.63) is 24.3 Å². The molecule has 0 aromatic heterocycles. The summed E-state index contributed by atoms with van der Waals surface area (Å²) in [6, 6.07) is 7.04. The van der Waals surface area contributed by atoms with Crippen molar-refractivity contribution in [1.82, 2.24) is 5.32 Å². The molecule has 2 N–H and O–H groups in total. The Hall–Kier alpha value is -2.08. The molecule has 1 aromatic carbocycles. The molecule has 6 nitrogen and oxygen atoms in total. The lowest BCUT2D eigenvalue weighted by Crippen LogP contribution is -2.46. The van der Waals surface area contributed by atoms with Crippen molar-refractivity contribution in [2.75, 3.05) is 32.7 Å². The van der Waals surface area contributed by atoms with Crippen molar-refractivity contribution < 1.29 is 19.1 Å². The fourth-order valence-electron chi connectivity index (χ4n) is 1.62. The number of rotatable bonds is 7. The zero-order valence-corrected chi connectivity index (χ0v) is 12.9. The number of carbonyl (C=O) groups is 2. The van der Waals surface area contributed by atoms with E-state index in [1.807, 2.05) is 0 Å². The Bertz CT molecular complexity index is 500. The normalized spacial score (nSPS) is 10.9. The molecule has 6 heteroatoms. The van der Waals surface area contributed by atoms with Gasteiger partial charge in [0.15, 0.2) is 0 Å². The molecule has 0 radical (unpaired) electrons. The van der Waals surface area contributed by atoms with Gasteiger partial charge in [-0.3, -0.25) is 9.59 Å². The van der Waals surface area contributed by atoms with Gasteiger partial charge in [-0.2, -0.15) is 0 Å². The number of hydrogen-bond acceptors (Lipinski definition) is 4. The van der Waals surface area contributed by atoms with Gasteiger partial charge in [0, 0.05) is 13.7 Å². The minimum Gasteiger partial charge on any atom is -0.495 e. The first-order valence-electron chi connectivity index (χ1n) is 6.65. The second kappa shape index (κ2) is 7.64. The molecule has 0 heterocycles. The van der Waals surface area contributed by atoms with Gasteiger partial charge in [0.2, 0.25) is 11.8 Å². The fraction of sp³-hybridized carbons (Fsp3) is 0.467. The van der Waals surface area contributed by atoms with E-state index in [2.05, 4.69) is 10.6 Å². The first-order chi connectivity index (χ1) is 9.93. The number of ether oxygens (including phenoxy) is 2. The summed E-state index contributed by atoms with van der Waals surface area (Å²) in [6.45, 7) is 3.90. The van der Waals surface area contributed by atoms with E-state index in [1.165, 1.54) is 7.11 Å². The zero-order valence-electron chi connectivity index (χ0n) is 12.9. The third kappa shape index (κ3) is 4.46. The van der Waals surface area contributed by atoms with Crippen LogP contribution in [0.4, 0.5) is 5.69 Å². The Morgan fingerprint density at radius 2 is 1.81 bits per heavy atom. The highest BCUT2D eigenvalue weighted by Crippen LogP contribution is 2.26. The van der Waals surface area contributed by atoms with Crippen LogP contribution in [0.25, 0.3) is 0 Å². The topological polar surface area (TPSA) is 76.7 Å². The summed E-state index contributed by atoms with van der Waals surface area (Å²) in [5, 5.41) is 5.38. The minimum absolute atomic E-state index is 0.355. The predicted octanol–water partition coefficient (Wildman–Crippen LogP) is 1.42. The lowest BCUT2D eigenvalue weighted by molar-refractivity contribution is -0.138. The molecule has 116 valence electrons. The molecular formula is C15H22N2O4. The number of para-hydroxylation sites is 2. The average Bonchev–Trinajstić information content (AvgIpc) is 2.47. The largest absolute Gasteiger partial charge is 0.495 e. The highest BCUT2D eigenvalue weighted by molar-refractivity contribution is 6.10. The van der Waals surface area contributed by atoms with E-state index in [4.69, 9.17) is 9.47 Å². The van der Waals surface area contributed by atoms with Crippen LogP contribution in [0.5, 0.6) is 5.75 Å². The Morgan fingerprint density at radius 1 is 1.14 bits per heavy atom. The lowest BCUT2D eigenvalue weighted by Gasteiger charge is -2.23. The molecule has 2 amide bonds. The number of nitrogens with one attached hydrogen (secondary N) is 2. The van der Waals surface area contributed by atoms with E-state index in [0.717, 1.165) is 0 Å². The van der Waals surface area contributed by atoms with E-state index in [0.29, 0.717) is 24.6 Å². The second-order valence-corrected chi connectivity index (χ2v) is 5.03. The molecular weight excluding hydrogens is 272 g/mol. The molecule has 0 aliphatic heterocycles. The van der Waals surface area contributed by atoms with Crippen molar-refractivity contribution >= 4 is 17.5 Å². The summed E-state index contributed by atoms with van der Waals surface area (Å²) in [5.74, 6) is -0.213. The van der Waals surface area contributed by atoms with Crippen LogP contribution in [0.1, 0.15) is 13.8 Å². The van der Waals surface area contributed by atoms with Crippen LogP contribution in [0.2, 0.25) is 0 Å². The molecule has 0 aliphatic carbocycles. The van der Waals surface area contributed by atoms with Crippen LogP contribution in [-0.2, 0) is 14.3 Å². The fourth-order valence-corrected chi connectivity index (χ4v) is 1.62. The highest BCUT2D eigenvalue weighted by atomic mass is 16.5. The SMILES string of the molecule is COCCNC(=O)C(C)(C)C(=O)Nc1ccccc1OC. The van der Waals surface area contributed by atoms with E-state index in [-0.39, 0.29) is 5.91 Å². The molecule has 1 rings (SSSR count). The first-order valence-corrected chi connectivity index (χ1v) is 6.65. The van der Waals surface area contributed by atoms with Crippen LogP contribution < -0.4 is 15.4 Å². The molecule has 0 fully saturated rings.